The summed E-state index contributed by atoms with van der Waals surface area (Å²) in [7, 11) is -0.186. The van der Waals surface area contributed by atoms with Gasteiger partial charge in [-0.15, -0.1) is 0 Å². The van der Waals surface area contributed by atoms with Gasteiger partial charge in [0.05, 0.1) is 12.5 Å². The number of alkyl carbamates (subject to hydrolysis) is 1. The highest BCUT2D eigenvalue weighted by molar-refractivity contribution is 6.43. The minimum absolute atomic E-state index is 0.114. The van der Waals surface area contributed by atoms with Gasteiger partial charge in [0.2, 0.25) is 0 Å². The minimum Gasteiger partial charge on any atom is -0.449 e. The van der Waals surface area contributed by atoms with Crippen LogP contribution in [0, 0.1) is 18.4 Å². The molecule has 10 heteroatoms. The number of aryl methyl sites for hydroxylation is 1. The second-order valence-electron chi connectivity index (χ2n) is 9.27. The number of nitriles is 1. The van der Waals surface area contributed by atoms with Gasteiger partial charge in [-0.05, 0) is 52.2 Å². The first-order chi connectivity index (χ1) is 17.5. The summed E-state index contributed by atoms with van der Waals surface area (Å²) in [6.07, 6.45) is 2.06. The normalized spacial score (nSPS) is 11.1. The SMILES string of the molecule is CC(C)N(C(=O)N(C)C#N)C(C)C.Cc1cccc(CCOC(=O)NC(Cc2ccccc2)B(O)O)c1. The summed E-state index contributed by atoms with van der Waals surface area (Å²) in [4.78, 5) is 26.1. The number of urea groups is 1. The van der Waals surface area contributed by atoms with E-state index in [1.165, 1.54) is 7.05 Å². The van der Waals surface area contributed by atoms with Crippen molar-refractivity contribution in [2.75, 3.05) is 13.7 Å². The van der Waals surface area contributed by atoms with Crippen LogP contribution in [0.5, 0.6) is 0 Å². The van der Waals surface area contributed by atoms with E-state index in [1.54, 1.807) is 11.1 Å². The molecule has 0 saturated carbocycles. The second kappa shape index (κ2) is 16.2. The molecular formula is C27H39BN4O5. The first kappa shape index (κ1) is 31.5. The molecule has 0 aliphatic heterocycles. The molecule has 0 bridgehead atoms. The van der Waals surface area contributed by atoms with Crippen LogP contribution in [0.1, 0.15) is 44.4 Å². The van der Waals surface area contributed by atoms with Crippen LogP contribution in [0.3, 0.4) is 0 Å². The first-order valence-electron chi connectivity index (χ1n) is 12.3. The van der Waals surface area contributed by atoms with Crippen LogP contribution in [-0.4, -0.2) is 70.8 Å². The smallest absolute Gasteiger partial charge is 0.449 e. The zero-order chi connectivity index (χ0) is 28.0. The number of ether oxygens (including phenoxy) is 1. The Morgan fingerprint density at radius 2 is 1.62 bits per heavy atom. The van der Waals surface area contributed by atoms with Gasteiger partial charge in [0.15, 0.2) is 6.19 Å². The molecule has 0 aliphatic carbocycles. The third kappa shape index (κ3) is 11.8. The molecule has 0 heterocycles. The number of carbonyl (C=O) groups excluding carboxylic acids is 2. The maximum absolute atomic E-state index is 11.8. The maximum atomic E-state index is 11.8. The van der Waals surface area contributed by atoms with Gasteiger partial charge in [-0.2, -0.15) is 5.26 Å². The highest BCUT2D eigenvalue weighted by Crippen LogP contribution is 2.08. The van der Waals surface area contributed by atoms with Crippen molar-refractivity contribution in [1.29, 1.82) is 5.26 Å². The van der Waals surface area contributed by atoms with E-state index in [9.17, 15) is 19.6 Å². The average molecular weight is 510 g/mol. The van der Waals surface area contributed by atoms with Gasteiger partial charge in [-0.3, -0.25) is 0 Å². The molecule has 9 nitrogen and oxygen atoms in total. The molecule has 200 valence electrons. The van der Waals surface area contributed by atoms with Gasteiger partial charge >= 0.3 is 19.2 Å². The van der Waals surface area contributed by atoms with Gasteiger partial charge in [-0.25, -0.2) is 14.5 Å². The molecule has 0 spiro atoms. The van der Waals surface area contributed by atoms with E-state index in [0.717, 1.165) is 21.6 Å². The van der Waals surface area contributed by atoms with E-state index in [2.05, 4.69) is 5.32 Å². The molecule has 0 fully saturated rings. The van der Waals surface area contributed by atoms with E-state index in [-0.39, 0.29) is 24.7 Å². The molecule has 0 aromatic heterocycles. The Labute approximate surface area is 220 Å². The zero-order valence-electron chi connectivity index (χ0n) is 22.6. The second-order valence-corrected chi connectivity index (χ2v) is 9.27. The predicted molar refractivity (Wildman–Crippen MR) is 144 cm³/mol. The molecule has 0 saturated heterocycles. The topological polar surface area (TPSA) is 126 Å². The third-order valence-corrected chi connectivity index (χ3v) is 5.44. The van der Waals surface area contributed by atoms with E-state index in [0.29, 0.717) is 12.8 Å². The Balaban J connectivity index is 0.000000448. The summed E-state index contributed by atoms with van der Waals surface area (Å²) in [5.41, 5.74) is 3.14. The fourth-order valence-corrected chi connectivity index (χ4v) is 3.68. The monoisotopic (exact) mass is 510 g/mol. The van der Waals surface area contributed by atoms with Gasteiger partial charge in [-0.1, -0.05) is 60.2 Å². The van der Waals surface area contributed by atoms with Gasteiger partial charge in [0, 0.05) is 25.6 Å². The number of carbonyl (C=O) groups is 2. The molecular weight excluding hydrogens is 471 g/mol. The number of benzene rings is 2. The number of rotatable bonds is 9. The number of hydrogen-bond acceptors (Lipinski definition) is 6. The Kier molecular flexibility index (Phi) is 13.8. The molecule has 0 radical (unpaired) electrons. The van der Waals surface area contributed by atoms with Crippen molar-refractivity contribution >= 4 is 19.2 Å². The Morgan fingerprint density at radius 1 is 1.03 bits per heavy atom. The van der Waals surface area contributed by atoms with Gasteiger partial charge in [0.25, 0.3) is 0 Å². The van der Waals surface area contributed by atoms with E-state index >= 15 is 0 Å². The lowest BCUT2D eigenvalue weighted by atomic mass is 9.76. The Morgan fingerprint density at radius 3 is 2.14 bits per heavy atom. The zero-order valence-corrected chi connectivity index (χ0v) is 22.6. The van der Waals surface area contributed by atoms with Crippen LogP contribution in [-0.2, 0) is 17.6 Å². The maximum Gasteiger partial charge on any atom is 0.475 e. The van der Waals surface area contributed by atoms with Crippen LogP contribution in [0.2, 0.25) is 0 Å². The van der Waals surface area contributed by atoms with Crippen LogP contribution in [0.4, 0.5) is 9.59 Å². The molecule has 3 N–H and O–H groups in total. The highest BCUT2D eigenvalue weighted by atomic mass is 16.5. The average Bonchev–Trinajstić information content (AvgIpc) is 2.83. The highest BCUT2D eigenvalue weighted by Gasteiger charge is 2.26. The van der Waals surface area contributed by atoms with E-state index in [1.807, 2.05) is 89.2 Å². The van der Waals surface area contributed by atoms with Crippen LogP contribution >= 0.6 is 0 Å². The van der Waals surface area contributed by atoms with Crippen molar-refractivity contribution < 1.29 is 24.4 Å². The van der Waals surface area contributed by atoms with Gasteiger partial charge < -0.3 is 25.0 Å². The number of nitrogens with one attached hydrogen (secondary N) is 1. The summed E-state index contributed by atoms with van der Waals surface area (Å²) in [6.45, 7) is 9.97. The summed E-state index contributed by atoms with van der Waals surface area (Å²) >= 11 is 0. The number of amides is 3. The predicted octanol–water partition coefficient (Wildman–Crippen LogP) is 3.53. The minimum atomic E-state index is -1.66. The molecule has 2 rings (SSSR count). The fraction of sp³-hybridized carbons (Fsp3) is 0.444. The quantitative estimate of drug-likeness (QED) is 0.269. The molecule has 37 heavy (non-hydrogen) atoms. The molecule has 1 unspecified atom stereocenters. The molecule has 2 aromatic carbocycles. The van der Waals surface area contributed by atoms with E-state index in [4.69, 9.17) is 10.00 Å². The summed E-state index contributed by atoms with van der Waals surface area (Å²) in [5, 5.41) is 29.9. The lowest BCUT2D eigenvalue weighted by Crippen LogP contribution is -2.48. The Bertz CT molecular complexity index is 1000. The largest absolute Gasteiger partial charge is 0.475 e. The molecule has 0 aliphatic rings. The fourth-order valence-electron chi connectivity index (χ4n) is 3.68. The van der Waals surface area contributed by atoms with Gasteiger partial charge in [0.1, 0.15) is 0 Å². The van der Waals surface area contributed by atoms with E-state index < -0.39 is 19.2 Å². The summed E-state index contributed by atoms with van der Waals surface area (Å²) in [6, 6.07) is 17.3. The molecule has 1 atom stereocenters. The summed E-state index contributed by atoms with van der Waals surface area (Å²) < 4.78 is 5.13. The first-order valence-corrected chi connectivity index (χ1v) is 12.3. The van der Waals surface area contributed by atoms with Crippen molar-refractivity contribution in [3.8, 4) is 6.19 Å². The Hall–Kier alpha value is -3.55. The van der Waals surface area contributed by atoms with Crippen LogP contribution in [0.15, 0.2) is 54.6 Å². The molecule has 2 aromatic rings. The van der Waals surface area contributed by atoms with Crippen molar-refractivity contribution in [2.24, 2.45) is 0 Å². The van der Waals surface area contributed by atoms with Crippen LogP contribution in [0.25, 0.3) is 0 Å². The van der Waals surface area contributed by atoms with Crippen molar-refractivity contribution in [2.45, 2.75) is 65.5 Å². The van der Waals surface area contributed by atoms with Crippen molar-refractivity contribution in [1.82, 2.24) is 15.1 Å². The lowest BCUT2D eigenvalue weighted by Gasteiger charge is -2.31. The lowest BCUT2D eigenvalue weighted by molar-refractivity contribution is 0.144. The third-order valence-electron chi connectivity index (χ3n) is 5.44. The van der Waals surface area contributed by atoms with Crippen molar-refractivity contribution in [3.05, 3.63) is 71.3 Å². The molecule has 3 amide bonds. The van der Waals surface area contributed by atoms with Crippen molar-refractivity contribution in [3.63, 3.8) is 0 Å². The number of nitrogens with zero attached hydrogens (tertiary/aromatic N) is 3. The number of hydrogen-bond donors (Lipinski definition) is 3. The van der Waals surface area contributed by atoms with Crippen LogP contribution < -0.4 is 5.32 Å². The summed E-state index contributed by atoms with van der Waals surface area (Å²) in [5.74, 6) is -0.820. The standard InChI is InChI=1S/C18H22BNO4.C9H17N3O/c1-14-6-5-9-16(12-14)10-11-24-18(21)20-17(19(22)23)13-15-7-3-2-4-8-15;1-7(2)12(8(3)4)9(13)11(5)6-10/h2-9,12,17,22-23H,10-11,13H2,1H3,(H,20,21);7-8H,1-5H3.